The van der Waals surface area contributed by atoms with Gasteiger partial charge in [0.05, 0.1) is 18.9 Å². The van der Waals surface area contributed by atoms with Crippen LogP contribution in [0.25, 0.3) is 21.9 Å². The monoisotopic (exact) mass is 417 g/mol. The highest BCUT2D eigenvalue weighted by Crippen LogP contribution is 2.28. The summed E-state index contributed by atoms with van der Waals surface area (Å²) in [7, 11) is 3.47. The molecule has 6 heteroatoms. The van der Waals surface area contributed by atoms with Gasteiger partial charge >= 0.3 is 0 Å². The summed E-state index contributed by atoms with van der Waals surface area (Å²) in [4.78, 5) is 14.9. The van der Waals surface area contributed by atoms with E-state index in [2.05, 4.69) is 22.3 Å². The molecule has 2 aromatic carbocycles. The molecule has 0 bridgehead atoms. The average Bonchev–Trinajstić information content (AvgIpc) is 3.26. The number of methoxy groups -OCH3 is 1. The van der Waals surface area contributed by atoms with Gasteiger partial charge in [0.1, 0.15) is 11.3 Å². The zero-order valence-electron chi connectivity index (χ0n) is 17.9. The van der Waals surface area contributed by atoms with E-state index in [1.807, 2.05) is 30.3 Å². The summed E-state index contributed by atoms with van der Waals surface area (Å²) in [5.74, 6) is 0.790. The molecule has 1 aliphatic heterocycles. The minimum absolute atomic E-state index is 0.00718. The van der Waals surface area contributed by atoms with E-state index in [1.54, 1.807) is 31.1 Å². The number of hydrogen-bond donors (Lipinski definition) is 1. The van der Waals surface area contributed by atoms with Crippen molar-refractivity contribution in [2.45, 2.75) is 25.4 Å². The molecular formula is C25H27N3O3. The molecule has 31 heavy (non-hydrogen) atoms. The number of rotatable bonds is 5. The first kappa shape index (κ1) is 19.7. The molecule has 3 heterocycles. The Bertz CT molecular complexity index is 1280. The van der Waals surface area contributed by atoms with E-state index in [0.29, 0.717) is 6.04 Å². The number of furan rings is 1. The summed E-state index contributed by atoms with van der Waals surface area (Å²) < 4.78 is 12.5. The van der Waals surface area contributed by atoms with Crippen molar-refractivity contribution in [2.75, 3.05) is 25.5 Å². The maximum absolute atomic E-state index is 12.5. The second-order valence-electron chi connectivity index (χ2n) is 8.33. The first-order valence-corrected chi connectivity index (χ1v) is 10.7. The highest BCUT2D eigenvalue weighted by Gasteiger charge is 2.20. The Morgan fingerprint density at radius 3 is 2.74 bits per heavy atom. The highest BCUT2D eigenvalue weighted by molar-refractivity contribution is 5.92. The third-order valence-corrected chi connectivity index (χ3v) is 6.32. The lowest BCUT2D eigenvalue weighted by atomic mass is 10.0. The third kappa shape index (κ3) is 3.91. The van der Waals surface area contributed by atoms with Crippen molar-refractivity contribution in [1.82, 2.24) is 9.47 Å². The Hall–Kier alpha value is -3.25. The van der Waals surface area contributed by atoms with Gasteiger partial charge in [-0.3, -0.25) is 9.69 Å². The van der Waals surface area contributed by atoms with Crippen LogP contribution in [0.4, 0.5) is 5.69 Å². The summed E-state index contributed by atoms with van der Waals surface area (Å²) in [5.41, 5.74) is 4.03. The number of pyridine rings is 1. The number of piperidine rings is 1. The lowest BCUT2D eigenvalue weighted by Crippen LogP contribution is -2.38. The van der Waals surface area contributed by atoms with Gasteiger partial charge in [0, 0.05) is 55.2 Å². The van der Waals surface area contributed by atoms with Crippen molar-refractivity contribution >= 4 is 27.6 Å². The molecule has 0 saturated carbocycles. The van der Waals surface area contributed by atoms with Crippen molar-refractivity contribution in [2.24, 2.45) is 7.05 Å². The van der Waals surface area contributed by atoms with Crippen molar-refractivity contribution < 1.29 is 9.15 Å². The quantitative estimate of drug-likeness (QED) is 0.523. The van der Waals surface area contributed by atoms with Crippen LogP contribution < -0.4 is 15.6 Å². The van der Waals surface area contributed by atoms with Crippen molar-refractivity contribution in [3.05, 3.63) is 70.7 Å². The summed E-state index contributed by atoms with van der Waals surface area (Å²) in [5, 5.41) is 5.81. The Morgan fingerprint density at radius 2 is 1.94 bits per heavy atom. The van der Waals surface area contributed by atoms with E-state index in [9.17, 15) is 4.79 Å². The van der Waals surface area contributed by atoms with E-state index < -0.39 is 0 Å². The van der Waals surface area contributed by atoms with Gasteiger partial charge in [-0.05, 0) is 54.8 Å². The summed E-state index contributed by atoms with van der Waals surface area (Å²) in [6.45, 7) is 2.99. The van der Waals surface area contributed by atoms with Gasteiger partial charge in [0.25, 0.3) is 5.56 Å². The average molecular weight is 418 g/mol. The van der Waals surface area contributed by atoms with Crippen LogP contribution in [-0.2, 0) is 13.6 Å². The fourth-order valence-corrected chi connectivity index (χ4v) is 4.51. The molecule has 5 rings (SSSR count). The molecule has 0 amide bonds. The number of nitrogens with zero attached hydrogens (tertiary/aromatic N) is 2. The minimum Gasteiger partial charge on any atom is -0.497 e. The van der Waals surface area contributed by atoms with Crippen molar-refractivity contribution in [1.29, 1.82) is 0 Å². The van der Waals surface area contributed by atoms with E-state index in [1.165, 1.54) is 5.56 Å². The normalized spacial score (nSPS) is 15.5. The predicted octanol–water partition coefficient (Wildman–Crippen LogP) is 4.37. The molecule has 0 atom stereocenters. The number of likely N-dealkylation sites (tertiary alicyclic amines) is 1. The fraction of sp³-hybridized carbons (Fsp3) is 0.320. The Labute approximate surface area is 181 Å². The minimum atomic E-state index is -0.00718. The molecule has 1 saturated heterocycles. The molecule has 0 spiro atoms. The largest absolute Gasteiger partial charge is 0.497 e. The zero-order valence-corrected chi connectivity index (χ0v) is 17.9. The van der Waals surface area contributed by atoms with Gasteiger partial charge in [-0.25, -0.2) is 0 Å². The smallest absolute Gasteiger partial charge is 0.252 e. The van der Waals surface area contributed by atoms with Crippen LogP contribution in [0, 0.1) is 0 Å². The predicted molar refractivity (Wildman–Crippen MR) is 124 cm³/mol. The van der Waals surface area contributed by atoms with Gasteiger partial charge in [0.2, 0.25) is 0 Å². The summed E-state index contributed by atoms with van der Waals surface area (Å²) in [6, 6.07) is 16.3. The second-order valence-corrected chi connectivity index (χ2v) is 8.33. The van der Waals surface area contributed by atoms with Crippen molar-refractivity contribution in [3.8, 4) is 5.75 Å². The molecule has 1 fully saturated rings. The summed E-state index contributed by atoms with van der Waals surface area (Å²) >= 11 is 0. The number of aromatic nitrogens is 1. The van der Waals surface area contributed by atoms with Crippen LogP contribution in [0.2, 0.25) is 0 Å². The van der Waals surface area contributed by atoms with Crippen molar-refractivity contribution in [3.63, 3.8) is 0 Å². The van der Waals surface area contributed by atoms with E-state index in [4.69, 9.17) is 9.15 Å². The first-order chi connectivity index (χ1) is 15.1. The van der Waals surface area contributed by atoms with Crippen LogP contribution in [0.5, 0.6) is 5.75 Å². The van der Waals surface area contributed by atoms with Gasteiger partial charge in [-0.1, -0.05) is 6.07 Å². The molecule has 6 nitrogen and oxygen atoms in total. The number of benzene rings is 2. The Morgan fingerprint density at radius 1 is 1.10 bits per heavy atom. The number of hydrogen-bond acceptors (Lipinski definition) is 5. The highest BCUT2D eigenvalue weighted by atomic mass is 16.5. The number of ether oxygens (including phenoxy) is 1. The first-order valence-electron chi connectivity index (χ1n) is 10.7. The topological polar surface area (TPSA) is 59.6 Å². The number of aryl methyl sites for hydroxylation is 1. The molecule has 160 valence electrons. The lowest BCUT2D eigenvalue weighted by Gasteiger charge is -2.33. The number of fused-ring (bicyclic) bond motifs is 2. The maximum Gasteiger partial charge on any atom is 0.252 e. The van der Waals surface area contributed by atoms with E-state index >= 15 is 0 Å². The Kier molecular flexibility index (Phi) is 5.16. The van der Waals surface area contributed by atoms with Gasteiger partial charge in [-0.15, -0.1) is 0 Å². The fourth-order valence-electron chi connectivity index (χ4n) is 4.51. The van der Waals surface area contributed by atoms with Crippen LogP contribution in [0.3, 0.4) is 0 Å². The van der Waals surface area contributed by atoms with Crippen LogP contribution in [-0.4, -0.2) is 35.7 Å². The SMILES string of the molecule is COc1ccc2c(c1)c(NC1CCN(Cc3ccc4occc4c3)CC1)cc(=O)n2C. The third-order valence-electron chi connectivity index (χ3n) is 6.32. The summed E-state index contributed by atoms with van der Waals surface area (Å²) in [6.07, 6.45) is 3.81. The van der Waals surface area contributed by atoms with Gasteiger partial charge in [0.15, 0.2) is 0 Å². The van der Waals surface area contributed by atoms with Gasteiger partial charge in [-0.2, -0.15) is 0 Å². The van der Waals surface area contributed by atoms with E-state index in [0.717, 1.165) is 65.8 Å². The van der Waals surface area contributed by atoms with Crippen LogP contribution >= 0.6 is 0 Å². The molecule has 0 radical (unpaired) electrons. The lowest BCUT2D eigenvalue weighted by molar-refractivity contribution is 0.211. The van der Waals surface area contributed by atoms with E-state index in [-0.39, 0.29) is 5.56 Å². The van der Waals surface area contributed by atoms with Crippen LogP contribution in [0.15, 0.2) is 64.0 Å². The molecule has 2 aromatic heterocycles. The molecule has 1 aliphatic rings. The zero-order chi connectivity index (χ0) is 21.4. The second kappa shape index (κ2) is 8.12. The Balaban J connectivity index is 1.28. The molecule has 0 aliphatic carbocycles. The molecular weight excluding hydrogens is 390 g/mol. The maximum atomic E-state index is 12.5. The molecule has 1 N–H and O–H groups in total. The van der Waals surface area contributed by atoms with Crippen LogP contribution in [0.1, 0.15) is 18.4 Å². The number of anilines is 1. The standard InChI is InChI=1S/C25H27N3O3/c1-27-23-5-4-20(30-2)14-21(23)22(15-25(27)29)26-19-7-10-28(11-8-19)16-17-3-6-24-18(13-17)9-12-31-24/h3-6,9,12-15,19,26H,7-8,10-11,16H2,1-2H3. The molecule has 4 aromatic rings. The molecule has 0 unspecified atom stereocenters. The number of nitrogens with one attached hydrogen (secondary N) is 1. The van der Waals surface area contributed by atoms with Gasteiger partial charge < -0.3 is 19.0 Å².